The molecular formula is C31H49NO4. The molecule has 0 saturated heterocycles. The maximum absolute atomic E-state index is 13.0. The average Bonchev–Trinajstić information content (AvgIpc) is 3.41. The van der Waals surface area contributed by atoms with E-state index in [9.17, 15) is 15.0 Å². The molecule has 202 valence electrons. The highest BCUT2D eigenvalue weighted by Gasteiger charge is 2.69. The second-order valence-corrected chi connectivity index (χ2v) is 13.2. The Balaban J connectivity index is 1.35. The molecule has 5 heteroatoms. The summed E-state index contributed by atoms with van der Waals surface area (Å²) in [4.78, 5) is 14.8. The summed E-state index contributed by atoms with van der Waals surface area (Å²) in [5.74, 6) is 3.13. The predicted molar refractivity (Wildman–Crippen MR) is 142 cm³/mol. The molecule has 36 heavy (non-hydrogen) atoms. The van der Waals surface area contributed by atoms with E-state index in [-0.39, 0.29) is 35.0 Å². The Kier molecular flexibility index (Phi) is 7.48. The van der Waals surface area contributed by atoms with Crippen LogP contribution in [-0.4, -0.2) is 59.5 Å². The fraction of sp³-hybridized carbons (Fsp3) is 0.839. The van der Waals surface area contributed by atoms with Crippen molar-refractivity contribution in [3.8, 4) is 0 Å². The van der Waals surface area contributed by atoms with E-state index >= 15 is 0 Å². The molecule has 0 aromatic heterocycles. The molecule has 5 aliphatic rings. The summed E-state index contributed by atoms with van der Waals surface area (Å²) in [5.41, 5.74) is 0.355. The van der Waals surface area contributed by atoms with Gasteiger partial charge in [-0.25, -0.2) is 0 Å². The van der Waals surface area contributed by atoms with E-state index in [0.717, 1.165) is 38.5 Å². The number of hydrogen-bond donors (Lipinski definition) is 2. The van der Waals surface area contributed by atoms with Crippen molar-refractivity contribution in [1.29, 1.82) is 0 Å². The second kappa shape index (κ2) is 10.2. The van der Waals surface area contributed by atoms with Crippen molar-refractivity contribution in [3.05, 3.63) is 25.3 Å². The molecule has 2 N–H and O–H groups in total. The molecule has 1 spiro atoms. The van der Waals surface area contributed by atoms with Crippen molar-refractivity contribution in [1.82, 2.24) is 4.90 Å². The van der Waals surface area contributed by atoms with Crippen molar-refractivity contribution in [3.63, 3.8) is 0 Å². The lowest BCUT2D eigenvalue weighted by molar-refractivity contribution is -0.211. The number of fused-ring (bicyclic) bond motifs is 4. The Labute approximate surface area is 218 Å². The van der Waals surface area contributed by atoms with Gasteiger partial charge < -0.3 is 19.8 Å². The van der Waals surface area contributed by atoms with E-state index in [0.29, 0.717) is 55.0 Å². The van der Waals surface area contributed by atoms with Crippen molar-refractivity contribution < 1.29 is 19.7 Å². The molecule has 0 bridgehead atoms. The first kappa shape index (κ1) is 26.4. The van der Waals surface area contributed by atoms with Crippen molar-refractivity contribution in [2.24, 2.45) is 46.3 Å². The van der Waals surface area contributed by atoms with Crippen LogP contribution in [0.5, 0.6) is 0 Å². The summed E-state index contributed by atoms with van der Waals surface area (Å²) in [7, 11) is 1.91. The van der Waals surface area contributed by atoms with Crippen LogP contribution in [0.4, 0.5) is 0 Å². The highest BCUT2D eigenvalue weighted by atomic mass is 16.5. The van der Waals surface area contributed by atoms with Crippen LogP contribution in [0.2, 0.25) is 0 Å². The lowest BCUT2D eigenvalue weighted by atomic mass is 9.43. The molecule has 0 unspecified atom stereocenters. The zero-order valence-electron chi connectivity index (χ0n) is 22.6. The molecule has 5 rings (SSSR count). The third kappa shape index (κ3) is 4.03. The minimum Gasteiger partial charge on any atom is -0.393 e. The van der Waals surface area contributed by atoms with Gasteiger partial charge in [0.2, 0.25) is 5.91 Å². The summed E-state index contributed by atoms with van der Waals surface area (Å²) < 4.78 is 6.39. The van der Waals surface area contributed by atoms with Gasteiger partial charge in [0.25, 0.3) is 0 Å². The Bertz CT molecular complexity index is 834. The summed E-state index contributed by atoms with van der Waals surface area (Å²) in [6.07, 6.45) is 14.4. The molecule has 5 fully saturated rings. The maximum atomic E-state index is 13.0. The Morgan fingerprint density at radius 2 is 1.72 bits per heavy atom. The molecule has 1 amide bonds. The smallest absolute Gasteiger partial charge is 0.223 e. The van der Waals surface area contributed by atoms with Gasteiger partial charge in [-0.15, -0.1) is 13.2 Å². The lowest BCUT2D eigenvalue weighted by Gasteiger charge is -2.64. The van der Waals surface area contributed by atoms with Gasteiger partial charge >= 0.3 is 0 Å². The van der Waals surface area contributed by atoms with Gasteiger partial charge in [0.15, 0.2) is 0 Å². The van der Waals surface area contributed by atoms with Crippen molar-refractivity contribution in [2.45, 2.75) is 95.9 Å². The number of carbonyl (C=O) groups is 1. The van der Waals surface area contributed by atoms with Gasteiger partial charge in [0.1, 0.15) is 0 Å². The first-order valence-electron chi connectivity index (χ1n) is 14.7. The van der Waals surface area contributed by atoms with Gasteiger partial charge in [-0.05, 0) is 105 Å². The van der Waals surface area contributed by atoms with Crippen molar-refractivity contribution >= 4 is 5.91 Å². The molecule has 0 heterocycles. The largest absolute Gasteiger partial charge is 0.393 e. The van der Waals surface area contributed by atoms with E-state index in [1.165, 1.54) is 25.7 Å². The highest BCUT2D eigenvalue weighted by molar-refractivity contribution is 5.76. The van der Waals surface area contributed by atoms with Crippen LogP contribution in [0.15, 0.2) is 25.3 Å². The van der Waals surface area contributed by atoms with Crippen LogP contribution in [0, 0.1) is 46.3 Å². The molecule has 0 aliphatic heterocycles. The average molecular weight is 500 g/mol. The lowest BCUT2D eigenvalue weighted by Crippen LogP contribution is -2.62. The third-order valence-corrected chi connectivity index (χ3v) is 12.1. The predicted octanol–water partition coefficient (Wildman–Crippen LogP) is 4.97. The summed E-state index contributed by atoms with van der Waals surface area (Å²) in [6, 6.07) is 0. The number of amides is 1. The first-order chi connectivity index (χ1) is 17.3. The fourth-order valence-electron chi connectivity index (χ4n) is 10.6. The third-order valence-electron chi connectivity index (χ3n) is 12.1. The highest BCUT2D eigenvalue weighted by Crippen LogP contribution is 2.72. The molecule has 0 aromatic rings. The van der Waals surface area contributed by atoms with E-state index in [4.69, 9.17) is 4.74 Å². The van der Waals surface area contributed by atoms with E-state index in [1.54, 1.807) is 12.2 Å². The van der Waals surface area contributed by atoms with Gasteiger partial charge in [0.05, 0.1) is 18.3 Å². The molecule has 5 nitrogen and oxygen atoms in total. The van der Waals surface area contributed by atoms with E-state index in [1.807, 2.05) is 12.0 Å². The Morgan fingerprint density at radius 3 is 2.42 bits per heavy atom. The SMILES string of the molecule is C=CCN(CC=C)C(=O)CC[C@H]1CC[C@]23[C@@H](OC)C[C@H]4[C@@H]([C@H](O)C[C@@H]5C[C@H](O)CC[C@@]54C)[C@@H]2CC[C@H]13. The Hall–Kier alpha value is -1.17. The standard InChI is InChI=1S/C31H49NO4/c1-5-15-32(16-6-2)28(35)10-7-20-11-14-31-23(20)8-9-24(31)29-25(19-27(31)36-4)30(3)13-12-22(33)17-21(30)18-26(29)34/h5-6,20-27,29,33-34H,1-2,7-19H2,3-4H3/t20-,21-,22+,23+,24-,25-,26+,27-,29-,30-,31+/m0/s1. The molecular weight excluding hydrogens is 450 g/mol. The quantitative estimate of drug-likeness (QED) is 0.463. The minimum atomic E-state index is -0.260. The fourth-order valence-corrected chi connectivity index (χ4v) is 10.6. The molecule has 5 saturated carbocycles. The van der Waals surface area contributed by atoms with E-state index in [2.05, 4.69) is 20.1 Å². The molecule has 0 radical (unpaired) electrons. The van der Waals surface area contributed by atoms with E-state index < -0.39 is 0 Å². The number of rotatable bonds is 8. The van der Waals surface area contributed by atoms with Gasteiger partial charge in [0, 0.05) is 32.0 Å². The monoisotopic (exact) mass is 499 g/mol. The second-order valence-electron chi connectivity index (χ2n) is 13.2. The number of ether oxygens (including phenoxy) is 1. The first-order valence-corrected chi connectivity index (χ1v) is 14.7. The van der Waals surface area contributed by atoms with Gasteiger partial charge in [-0.1, -0.05) is 19.1 Å². The Morgan fingerprint density at radius 1 is 1.00 bits per heavy atom. The maximum Gasteiger partial charge on any atom is 0.223 e. The number of aliphatic hydroxyl groups excluding tert-OH is 2. The van der Waals surface area contributed by atoms with Crippen LogP contribution in [0.25, 0.3) is 0 Å². The molecule has 11 atom stereocenters. The summed E-state index contributed by atoms with van der Waals surface area (Å²) in [6.45, 7) is 11.2. The number of hydrogen-bond acceptors (Lipinski definition) is 4. The van der Waals surface area contributed by atoms with Crippen molar-refractivity contribution in [2.75, 3.05) is 20.2 Å². The van der Waals surface area contributed by atoms with Gasteiger partial charge in [-0.2, -0.15) is 0 Å². The molecule has 0 aromatic carbocycles. The number of nitrogens with zero attached hydrogens (tertiary/aromatic N) is 1. The summed E-state index contributed by atoms with van der Waals surface area (Å²) in [5, 5.41) is 22.0. The van der Waals surface area contributed by atoms with Crippen LogP contribution in [0.3, 0.4) is 0 Å². The zero-order valence-corrected chi connectivity index (χ0v) is 22.6. The summed E-state index contributed by atoms with van der Waals surface area (Å²) >= 11 is 0. The number of carbonyl (C=O) groups excluding carboxylic acids is 1. The number of methoxy groups -OCH3 is 1. The van der Waals surface area contributed by atoms with Gasteiger partial charge in [-0.3, -0.25) is 4.79 Å². The van der Waals surface area contributed by atoms with Crippen LogP contribution < -0.4 is 0 Å². The van der Waals surface area contributed by atoms with Crippen LogP contribution in [-0.2, 0) is 9.53 Å². The number of aliphatic hydroxyl groups is 2. The topological polar surface area (TPSA) is 70.0 Å². The zero-order chi connectivity index (χ0) is 25.7. The minimum absolute atomic E-state index is 0.157. The normalized spacial score (nSPS) is 47.3. The van der Waals surface area contributed by atoms with Crippen LogP contribution >= 0.6 is 0 Å². The molecule has 5 aliphatic carbocycles. The van der Waals surface area contributed by atoms with Crippen LogP contribution in [0.1, 0.15) is 77.6 Å².